The Kier molecular flexibility index (Phi) is 6.99. The molecule has 0 saturated heterocycles. The zero-order valence-electron chi connectivity index (χ0n) is 11.3. The molecule has 2 nitrogen and oxygen atoms in total. The number of carbonyl (C=O) groups is 1. The van der Waals surface area contributed by atoms with Crippen molar-refractivity contribution in [1.29, 1.82) is 0 Å². The molecule has 1 rings (SSSR count). The SMILES string of the molecule is CC(C)CCCCCOC(=O)C1CC=CCC1. The molecule has 0 radical (unpaired) electrons. The molecule has 1 unspecified atom stereocenters. The van der Waals surface area contributed by atoms with Crippen LogP contribution in [0.2, 0.25) is 0 Å². The van der Waals surface area contributed by atoms with Gasteiger partial charge < -0.3 is 4.74 Å². The fraction of sp³-hybridized carbons (Fsp3) is 0.800. The van der Waals surface area contributed by atoms with Crippen molar-refractivity contribution in [3.63, 3.8) is 0 Å². The first-order valence-electron chi connectivity index (χ1n) is 7.01. The second kappa shape index (κ2) is 8.32. The molecule has 1 atom stereocenters. The lowest BCUT2D eigenvalue weighted by atomic mass is 9.95. The van der Waals surface area contributed by atoms with Gasteiger partial charge in [-0.3, -0.25) is 4.79 Å². The Hall–Kier alpha value is -0.790. The van der Waals surface area contributed by atoms with Crippen molar-refractivity contribution in [2.24, 2.45) is 11.8 Å². The van der Waals surface area contributed by atoms with E-state index in [4.69, 9.17) is 4.74 Å². The highest BCUT2D eigenvalue weighted by Crippen LogP contribution is 2.19. The molecule has 0 bridgehead atoms. The lowest BCUT2D eigenvalue weighted by molar-refractivity contribution is -0.148. The van der Waals surface area contributed by atoms with Crippen LogP contribution >= 0.6 is 0 Å². The lowest BCUT2D eigenvalue weighted by Gasteiger charge is -2.16. The molecule has 98 valence electrons. The molecule has 0 N–H and O–H groups in total. The molecule has 2 heteroatoms. The maximum absolute atomic E-state index is 11.7. The Morgan fingerprint density at radius 2 is 2.12 bits per heavy atom. The van der Waals surface area contributed by atoms with Gasteiger partial charge in [-0.15, -0.1) is 0 Å². The second-order valence-corrected chi connectivity index (χ2v) is 5.39. The fourth-order valence-corrected chi connectivity index (χ4v) is 2.13. The highest BCUT2D eigenvalue weighted by atomic mass is 16.5. The monoisotopic (exact) mass is 238 g/mol. The summed E-state index contributed by atoms with van der Waals surface area (Å²) in [7, 11) is 0. The van der Waals surface area contributed by atoms with Gasteiger partial charge in [-0.1, -0.05) is 45.3 Å². The van der Waals surface area contributed by atoms with Crippen molar-refractivity contribution >= 4 is 5.97 Å². The van der Waals surface area contributed by atoms with E-state index in [0.717, 1.165) is 31.6 Å². The van der Waals surface area contributed by atoms with Crippen LogP contribution in [-0.2, 0) is 9.53 Å². The van der Waals surface area contributed by atoms with E-state index in [-0.39, 0.29) is 11.9 Å². The van der Waals surface area contributed by atoms with Gasteiger partial charge in [0.1, 0.15) is 0 Å². The second-order valence-electron chi connectivity index (χ2n) is 5.39. The van der Waals surface area contributed by atoms with E-state index in [9.17, 15) is 4.79 Å². The lowest BCUT2D eigenvalue weighted by Crippen LogP contribution is -2.19. The standard InChI is InChI=1S/C15H26O2/c1-13(2)9-5-4-8-12-17-15(16)14-10-6-3-7-11-14/h3,6,13-14H,4-5,7-12H2,1-2H3. The van der Waals surface area contributed by atoms with Crippen LogP contribution in [0, 0.1) is 11.8 Å². The average Bonchev–Trinajstić information content (AvgIpc) is 2.34. The van der Waals surface area contributed by atoms with Gasteiger partial charge in [0.05, 0.1) is 12.5 Å². The molecule has 0 aliphatic heterocycles. The number of hydrogen-bond donors (Lipinski definition) is 0. The van der Waals surface area contributed by atoms with Crippen LogP contribution in [0.25, 0.3) is 0 Å². The summed E-state index contributed by atoms with van der Waals surface area (Å²) in [6, 6.07) is 0. The van der Waals surface area contributed by atoms with E-state index < -0.39 is 0 Å². The summed E-state index contributed by atoms with van der Waals surface area (Å²) in [5.74, 6) is 0.917. The molecule has 0 saturated carbocycles. The van der Waals surface area contributed by atoms with Crippen LogP contribution in [-0.4, -0.2) is 12.6 Å². The zero-order valence-corrected chi connectivity index (χ0v) is 11.3. The molecule has 0 aromatic carbocycles. The quantitative estimate of drug-likeness (QED) is 0.379. The van der Waals surface area contributed by atoms with Crippen molar-refractivity contribution < 1.29 is 9.53 Å². The molecule has 0 heterocycles. The van der Waals surface area contributed by atoms with Crippen molar-refractivity contribution in [1.82, 2.24) is 0 Å². The minimum absolute atomic E-state index is 0.0122. The molecule has 0 amide bonds. The van der Waals surface area contributed by atoms with Crippen LogP contribution < -0.4 is 0 Å². The molecule has 0 fully saturated rings. The topological polar surface area (TPSA) is 26.3 Å². The number of carbonyl (C=O) groups excluding carboxylic acids is 1. The summed E-state index contributed by atoms with van der Waals surface area (Å²) in [4.78, 5) is 11.7. The van der Waals surface area contributed by atoms with Crippen LogP contribution in [0.4, 0.5) is 0 Å². The third-order valence-electron chi connectivity index (χ3n) is 3.27. The Morgan fingerprint density at radius 1 is 1.29 bits per heavy atom. The molecular weight excluding hydrogens is 212 g/mol. The summed E-state index contributed by atoms with van der Waals surface area (Å²) in [5, 5.41) is 0. The van der Waals surface area contributed by atoms with E-state index in [1.54, 1.807) is 0 Å². The highest BCUT2D eigenvalue weighted by molar-refractivity contribution is 5.72. The third-order valence-corrected chi connectivity index (χ3v) is 3.27. The van der Waals surface area contributed by atoms with Gasteiger partial charge in [0.2, 0.25) is 0 Å². The number of ether oxygens (including phenoxy) is 1. The van der Waals surface area contributed by atoms with Gasteiger partial charge in [0.15, 0.2) is 0 Å². The van der Waals surface area contributed by atoms with Gasteiger partial charge in [-0.25, -0.2) is 0 Å². The molecular formula is C15H26O2. The van der Waals surface area contributed by atoms with Crippen LogP contribution in [0.1, 0.15) is 58.8 Å². The van der Waals surface area contributed by atoms with E-state index >= 15 is 0 Å². The molecule has 17 heavy (non-hydrogen) atoms. The minimum atomic E-state index is 0.0122. The summed E-state index contributed by atoms with van der Waals surface area (Å²) < 4.78 is 5.32. The van der Waals surface area contributed by atoms with Crippen molar-refractivity contribution in [2.75, 3.05) is 6.61 Å². The predicted octanol–water partition coefficient (Wildman–Crippen LogP) is 4.10. The molecule has 1 aliphatic rings. The third kappa shape index (κ3) is 6.50. The number of unbranched alkanes of at least 4 members (excludes halogenated alkanes) is 2. The number of allylic oxidation sites excluding steroid dienone is 2. The van der Waals surface area contributed by atoms with E-state index in [1.807, 2.05) is 0 Å². The highest BCUT2D eigenvalue weighted by Gasteiger charge is 2.19. The van der Waals surface area contributed by atoms with Gasteiger partial charge in [-0.2, -0.15) is 0 Å². The predicted molar refractivity (Wildman–Crippen MR) is 70.7 cm³/mol. The van der Waals surface area contributed by atoms with Crippen LogP contribution in [0.15, 0.2) is 12.2 Å². The van der Waals surface area contributed by atoms with Crippen LogP contribution in [0.3, 0.4) is 0 Å². The average molecular weight is 238 g/mol. The largest absolute Gasteiger partial charge is 0.465 e. The van der Waals surface area contributed by atoms with Gasteiger partial charge in [-0.05, 0) is 31.6 Å². The maximum Gasteiger partial charge on any atom is 0.309 e. The Labute approximate surface area is 105 Å². The molecule has 1 aliphatic carbocycles. The number of rotatable bonds is 7. The Morgan fingerprint density at radius 3 is 2.76 bits per heavy atom. The Bertz CT molecular complexity index is 243. The van der Waals surface area contributed by atoms with E-state index in [2.05, 4.69) is 26.0 Å². The summed E-state index contributed by atoms with van der Waals surface area (Å²) in [6.45, 7) is 5.10. The first-order valence-corrected chi connectivity index (χ1v) is 7.01. The van der Waals surface area contributed by atoms with Crippen LogP contribution in [0.5, 0.6) is 0 Å². The van der Waals surface area contributed by atoms with Gasteiger partial charge >= 0.3 is 5.97 Å². The molecule has 0 aromatic heterocycles. The smallest absolute Gasteiger partial charge is 0.309 e. The normalized spacial score (nSPS) is 19.6. The summed E-state index contributed by atoms with van der Waals surface area (Å²) in [5.41, 5.74) is 0. The fourth-order valence-electron chi connectivity index (χ4n) is 2.13. The van der Waals surface area contributed by atoms with Gasteiger partial charge in [0.25, 0.3) is 0 Å². The number of hydrogen-bond acceptors (Lipinski definition) is 2. The van der Waals surface area contributed by atoms with Crippen molar-refractivity contribution in [2.45, 2.75) is 58.8 Å². The van der Waals surface area contributed by atoms with E-state index in [1.165, 1.54) is 19.3 Å². The maximum atomic E-state index is 11.7. The minimum Gasteiger partial charge on any atom is -0.465 e. The first-order chi connectivity index (χ1) is 8.20. The van der Waals surface area contributed by atoms with E-state index in [0.29, 0.717) is 6.61 Å². The summed E-state index contributed by atoms with van der Waals surface area (Å²) in [6.07, 6.45) is 11.8. The number of esters is 1. The van der Waals surface area contributed by atoms with Crippen molar-refractivity contribution in [3.05, 3.63) is 12.2 Å². The Balaban J connectivity index is 1.98. The molecule has 0 aromatic rings. The van der Waals surface area contributed by atoms with Crippen molar-refractivity contribution in [3.8, 4) is 0 Å². The zero-order chi connectivity index (χ0) is 12.5. The first kappa shape index (κ1) is 14.3. The molecule has 0 spiro atoms. The van der Waals surface area contributed by atoms with Gasteiger partial charge in [0, 0.05) is 0 Å². The summed E-state index contributed by atoms with van der Waals surface area (Å²) >= 11 is 0.